The number of aromatic nitrogens is 2. The number of fused-ring (bicyclic) bond motifs is 2. The van der Waals surface area contributed by atoms with E-state index in [-0.39, 0.29) is 24.7 Å². The summed E-state index contributed by atoms with van der Waals surface area (Å²) in [6.07, 6.45) is 3.76. The van der Waals surface area contributed by atoms with Crippen molar-refractivity contribution >= 4 is 51.4 Å². The lowest BCUT2D eigenvalue weighted by Gasteiger charge is -2.22. The number of esters is 2. The molecular formula is C23H24ClN3O5S. The fourth-order valence-corrected chi connectivity index (χ4v) is 5.64. The van der Waals surface area contributed by atoms with Gasteiger partial charge in [0.1, 0.15) is 16.3 Å². The van der Waals surface area contributed by atoms with E-state index in [9.17, 15) is 14.4 Å². The fraction of sp³-hybridized carbons (Fsp3) is 0.391. The molecule has 0 aromatic carbocycles. The monoisotopic (exact) mass is 489 g/mol. The summed E-state index contributed by atoms with van der Waals surface area (Å²) < 4.78 is 12.2. The molecule has 0 spiro atoms. The molecule has 1 unspecified atom stereocenters. The number of thiophene rings is 1. The summed E-state index contributed by atoms with van der Waals surface area (Å²) in [5.41, 5.74) is 2.25. The van der Waals surface area contributed by atoms with Gasteiger partial charge in [0.05, 0.1) is 30.4 Å². The summed E-state index contributed by atoms with van der Waals surface area (Å²) in [7, 11) is 0. The third-order valence-electron chi connectivity index (χ3n) is 5.52. The topological polar surface area (TPSA) is 99.0 Å². The number of amides is 1. The number of carbonyl (C=O) groups is 3. The van der Waals surface area contributed by atoms with Crippen molar-refractivity contribution in [2.24, 2.45) is 0 Å². The Balaban J connectivity index is 1.77. The lowest BCUT2D eigenvalue weighted by atomic mass is 9.85. The van der Waals surface area contributed by atoms with Crippen molar-refractivity contribution in [2.75, 3.05) is 18.5 Å². The number of carbonyl (C=O) groups excluding carboxylic acids is 3. The number of imidazole rings is 1. The fourth-order valence-electron chi connectivity index (χ4n) is 4.20. The van der Waals surface area contributed by atoms with Crippen LogP contribution in [0.5, 0.6) is 0 Å². The Morgan fingerprint density at radius 2 is 2.03 bits per heavy atom. The number of anilines is 1. The van der Waals surface area contributed by atoms with E-state index in [1.165, 1.54) is 11.3 Å². The van der Waals surface area contributed by atoms with Crippen LogP contribution < -0.4 is 5.32 Å². The van der Waals surface area contributed by atoms with Crippen LogP contribution in [0.3, 0.4) is 0 Å². The third-order valence-corrected chi connectivity index (χ3v) is 6.94. The first-order valence-electron chi connectivity index (χ1n) is 10.8. The summed E-state index contributed by atoms with van der Waals surface area (Å²) >= 11 is 7.36. The SMILES string of the molecule is CCOC(=O)c1c(NC(=O)c2c(C)nc3cc(Cl)ccn23)sc2c1C(C(=O)OCC)CCC2. The number of pyridine rings is 1. The molecule has 10 heteroatoms. The van der Waals surface area contributed by atoms with Gasteiger partial charge in [-0.2, -0.15) is 0 Å². The van der Waals surface area contributed by atoms with E-state index < -0.39 is 17.8 Å². The van der Waals surface area contributed by atoms with Crippen molar-refractivity contribution in [2.45, 2.75) is 46.0 Å². The number of nitrogens with one attached hydrogen (secondary N) is 1. The van der Waals surface area contributed by atoms with Gasteiger partial charge in [-0.05, 0) is 51.7 Å². The molecular weight excluding hydrogens is 466 g/mol. The number of hydrogen-bond acceptors (Lipinski definition) is 7. The van der Waals surface area contributed by atoms with E-state index >= 15 is 0 Å². The minimum Gasteiger partial charge on any atom is -0.466 e. The van der Waals surface area contributed by atoms with E-state index in [1.807, 2.05) is 0 Å². The Labute approximate surface area is 199 Å². The molecule has 3 heterocycles. The summed E-state index contributed by atoms with van der Waals surface area (Å²) in [6.45, 7) is 5.63. The summed E-state index contributed by atoms with van der Waals surface area (Å²) in [4.78, 5) is 44.2. The second-order valence-corrected chi connectivity index (χ2v) is 9.18. The molecule has 1 N–H and O–H groups in total. The van der Waals surface area contributed by atoms with E-state index in [0.717, 1.165) is 11.3 Å². The molecule has 0 bridgehead atoms. The maximum atomic E-state index is 13.3. The van der Waals surface area contributed by atoms with Gasteiger partial charge in [-0.15, -0.1) is 11.3 Å². The van der Waals surface area contributed by atoms with Crippen LogP contribution in [0, 0.1) is 6.92 Å². The van der Waals surface area contributed by atoms with Crippen LogP contribution in [-0.4, -0.2) is 40.4 Å². The van der Waals surface area contributed by atoms with Gasteiger partial charge in [0.25, 0.3) is 5.91 Å². The van der Waals surface area contributed by atoms with Crippen LogP contribution in [0.25, 0.3) is 5.65 Å². The summed E-state index contributed by atoms with van der Waals surface area (Å²) in [6, 6.07) is 3.34. The molecule has 8 nitrogen and oxygen atoms in total. The molecule has 1 amide bonds. The van der Waals surface area contributed by atoms with E-state index in [0.29, 0.717) is 45.5 Å². The van der Waals surface area contributed by atoms with Gasteiger partial charge in [0.2, 0.25) is 0 Å². The van der Waals surface area contributed by atoms with Crippen LogP contribution in [0.4, 0.5) is 5.00 Å². The van der Waals surface area contributed by atoms with Gasteiger partial charge >= 0.3 is 11.9 Å². The van der Waals surface area contributed by atoms with Crippen LogP contribution in [-0.2, 0) is 20.7 Å². The first-order valence-corrected chi connectivity index (χ1v) is 12.0. The molecule has 1 aliphatic rings. The molecule has 0 radical (unpaired) electrons. The highest BCUT2D eigenvalue weighted by Gasteiger charge is 2.37. The predicted octanol–water partition coefficient (Wildman–Crippen LogP) is 4.77. The van der Waals surface area contributed by atoms with Crippen molar-refractivity contribution in [3.63, 3.8) is 0 Å². The maximum Gasteiger partial charge on any atom is 0.341 e. The van der Waals surface area contributed by atoms with Gasteiger partial charge < -0.3 is 14.8 Å². The molecule has 4 rings (SSSR count). The van der Waals surface area contributed by atoms with E-state index in [1.54, 1.807) is 43.5 Å². The lowest BCUT2D eigenvalue weighted by Crippen LogP contribution is -2.23. The van der Waals surface area contributed by atoms with Crippen molar-refractivity contribution in [1.29, 1.82) is 0 Å². The van der Waals surface area contributed by atoms with Gasteiger partial charge in [-0.3, -0.25) is 14.0 Å². The van der Waals surface area contributed by atoms with E-state index in [2.05, 4.69) is 10.3 Å². The Morgan fingerprint density at radius 3 is 2.76 bits per heavy atom. The highest BCUT2D eigenvalue weighted by Crippen LogP contribution is 2.44. The normalized spacial score (nSPS) is 15.2. The first kappa shape index (κ1) is 23.3. The largest absolute Gasteiger partial charge is 0.466 e. The predicted molar refractivity (Wildman–Crippen MR) is 125 cm³/mol. The minimum absolute atomic E-state index is 0.175. The smallest absolute Gasteiger partial charge is 0.341 e. The zero-order valence-corrected chi connectivity index (χ0v) is 20.1. The van der Waals surface area contributed by atoms with Gasteiger partial charge in [-0.25, -0.2) is 9.78 Å². The second kappa shape index (κ2) is 9.52. The summed E-state index contributed by atoms with van der Waals surface area (Å²) in [5.74, 6) is -1.91. The molecule has 0 aliphatic heterocycles. The zero-order valence-electron chi connectivity index (χ0n) is 18.6. The van der Waals surface area contributed by atoms with Crippen molar-refractivity contribution < 1.29 is 23.9 Å². The number of aryl methyl sites for hydroxylation is 2. The highest BCUT2D eigenvalue weighted by atomic mass is 35.5. The molecule has 33 heavy (non-hydrogen) atoms. The molecule has 174 valence electrons. The number of rotatable bonds is 6. The standard InChI is InChI=1S/C23H24ClN3O5S/c1-4-31-22(29)14-7-6-8-15-17(14)18(23(30)32-5-2)21(33-15)26-20(28)19-12(3)25-16-11-13(24)9-10-27(16)19/h9-11,14H,4-8H2,1-3H3,(H,26,28). The second-order valence-electron chi connectivity index (χ2n) is 7.63. The quantitative estimate of drug-likeness (QED) is 0.501. The number of nitrogens with zero attached hydrogens (tertiary/aromatic N) is 2. The Morgan fingerprint density at radius 1 is 1.27 bits per heavy atom. The third kappa shape index (κ3) is 4.35. The van der Waals surface area contributed by atoms with E-state index in [4.69, 9.17) is 21.1 Å². The Hall–Kier alpha value is -2.91. The molecule has 1 aliphatic carbocycles. The zero-order chi connectivity index (χ0) is 23.7. The minimum atomic E-state index is -0.567. The van der Waals surface area contributed by atoms with Gasteiger partial charge in [0, 0.05) is 22.2 Å². The van der Waals surface area contributed by atoms with Gasteiger partial charge in [0.15, 0.2) is 0 Å². The molecule has 0 saturated carbocycles. The van der Waals surface area contributed by atoms with Gasteiger partial charge in [-0.1, -0.05) is 11.6 Å². The lowest BCUT2D eigenvalue weighted by molar-refractivity contribution is -0.145. The first-order chi connectivity index (χ1) is 15.8. The Kier molecular flexibility index (Phi) is 6.71. The van der Waals surface area contributed by atoms with Crippen LogP contribution in [0.2, 0.25) is 5.02 Å². The average Bonchev–Trinajstić information content (AvgIpc) is 3.29. The molecule has 0 fully saturated rings. The maximum absolute atomic E-state index is 13.3. The Bertz CT molecular complexity index is 1250. The molecule has 1 atom stereocenters. The number of halogens is 1. The van der Waals surface area contributed by atoms with Crippen LogP contribution in [0.15, 0.2) is 18.3 Å². The average molecular weight is 490 g/mol. The highest BCUT2D eigenvalue weighted by molar-refractivity contribution is 7.17. The number of hydrogen-bond donors (Lipinski definition) is 1. The molecule has 3 aromatic heterocycles. The molecule has 0 saturated heterocycles. The van der Waals surface area contributed by atoms with Crippen molar-refractivity contribution in [3.05, 3.63) is 50.7 Å². The van der Waals surface area contributed by atoms with Crippen LogP contribution in [0.1, 0.15) is 69.6 Å². The van der Waals surface area contributed by atoms with Crippen LogP contribution >= 0.6 is 22.9 Å². The summed E-state index contributed by atoms with van der Waals surface area (Å²) in [5, 5.41) is 3.76. The number of ether oxygens (including phenoxy) is 2. The van der Waals surface area contributed by atoms with Crippen molar-refractivity contribution in [3.8, 4) is 0 Å². The molecule has 3 aromatic rings. The van der Waals surface area contributed by atoms with Crippen molar-refractivity contribution in [1.82, 2.24) is 9.38 Å².